The fourth-order valence-corrected chi connectivity index (χ4v) is 3.53. The minimum absolute atomic E-state index is 0.00462. The summed E-state index contributed by atoms with van der Waals surface area (Å²) in [5, 5.41) is 3.60. The number of halogens is 1. The van der Waals surface area contributed by atoms with Gasteiger partial charge in [0.15, 0.2) is 0 Å². The second-order valence-corrected chi connectivity index (χ2v) is 7.71. The van der Waals surface area contributed by atoms with Crippen LogP contribution in [0.5, 0.6) is 0 Å². The van der Waals surface area contributed by atoms with E-state index in [1.54, 1.807) is 0 Å². The van der Waals surface area contributed by atoms with E-state index in [1.165, 1.54) is 11.8 Å². The number of rotatable bonds is 7. The Balaban J connectivity index is 1.48. The van der Waals surface area contributed by atoms with Gasteiger partial charge < -0.3 is 9.73 Å². The number of thioether (sulfide) groups is 1. The van der Waals surface area contributed by atoms with Crippen LogP contribution in [0.2, 0.25) is 5.02 Å². The van der Waals surface area contributed by atoms with Crippen molar-refractivity contribution < 1.29 is 9.21 Å². The van der Waals surface area contributed by atoms with Gasteiger partial charge >= 0.3 is 0 Å². The Kier molecular flexibility index (Phi) is 6.58. The predicted molar refractivity (Wildman–Crippen MR) is 111 cm³/mol. The molecule has 1 aromatic heterocycles. The first kappa shape index (κ1) is 19.5. The monoisotopic (exact) mass is 400 g/mol. The maximum Gasteiger partial charge on any atom is 0.230 e. The fourth-order valence-electron chi connectivity index (χ4n) is 2.56. The molecule has 1 amide bonds. The van der Waals surface area contributed by atoms with E-state index in [-0.39, 0.29) is 5.91 Å². The summed E-state index contributed by atoms with van der Waals surface area (Å²) in [6, 6.07) is 15.5. The molecule has 0 bridgehead atoms. The number of amides is 1. The Morgan fingerprint density at radius 2 is 1.96 bits per heavy atom. The number of nitrogens with zero attached hydrogens (tertiary/aromatic N) is 1. The minimum atomic E-state index is -0.00462. The van der Waals surface area contributed by atoms with Gasteiger partial charge in [-0.1, -0.05) is 41.4 Å². The highest BCUT2D eigenvalue weighted by Gasteiger charge is 2.12. The molecule has 0 radical (unpaired) electrons. The summed E-state index contributed by atoms with van der Waals surface area (Å²) in [6.45, 7) is 4.44. The van der Waals surface area contributed by atoms with Crippen molar-refractivity contribution in [2.24, 2.45) is 0 Å². The Morgan fingerprint density at radius 1 is 1.19 bits per heavy atom. The molecule has 0 unspecified atom stereocenters. The standard InChI is InChI=1S/C21H21ClN2O2S/c1-14-4-3-5-17(10-14)21-24-19(15(2)26-21)12-27-13-20(25)23-11-16-6-8-18(22)9-7-16/h3-10H,11-13H2,1-2H3,(H,23,25). The topological polar surface area (TPSA) is 55.1 Å². The summed E-state index contributed by atoms with van der Waals surface area (Å²) in [5.41, 5.74) is 4.03. The predicted octanol–water partition coefficient (Wildman–Crippen LogP) is 5.16. The SMILES string of the molecule is Cc1cccc(-c2nc(CSCC(=O)NCc3ccc(Cl)cc3)c(C)o2)c1. The highest BCUT2D eigenvalue weighted by Crippen LogP contribution is 2.24. The van der Waals surface area contributed by atoms with Crippen molar-refractivity contribution in [1.82, 2.24) is 10.3 Å². The molecule has 3 rings (SSSR count). The minimum Gasteiger partial charge on any atom is -0.441 e. The molecule has 0 aliphatic carbocycles. The zero-order valence-electron chi connectivity index (χ0n) is 15.3. The zero-order valence-corrected chi connectivity index (χ0v) is 16.9. The van der Waals surface area contributed by atoms with E-state index in [9.17, 15) is 4.79 Å². The van der Waals surface area contributed by atoms with E-state index in [1.807, 2.05) is 62.4 Å². The number of carbonyl (C=O) groups is 1. The number of benzene rings is 2. The maximum atomic E-state index is 12.0. The molecule has 0 spiro atoms. The number of nitrogens with one attached hydrogen (secondary N) is 1. The fraction of sp³-hybridized carbons (Fsp3) is 0.238. The third-order valence-corrected chi connectivity index (χ3v) is 5.23. The van der Waals surface area contributed by atoms with Crippen LogP contribution < -0.4 is 5.32 Å². The lowest BCUT2D eigenvalue weighted by atomic mass is 10.1. The molecular formula is C21H21ClN2O2S. The normalized spacial score (nSPS) is 10.8. The van der Waals surface area contributed by atoms with Gasteiger partial charge in [-0.3, -0.25) is 4.79 Å². The molecule has 0 aliphatic rings. The van der Waals surface area contributed by atoms with E-state index >= 15 is 0 Å². The number of hydrogen-bond acceptors (Lipinski definition) is 4. The zero-order chi connectivity index (χ0) is 19.2. The summed E-state index contributed by atoms with van der Waals surface area (Å²) < 4.78 is 5.79. The van der Waals surface area contributed by atoms with Gasteiger partial charge in [-0.15, -0.1) is 11.8 Å². The molecule has 2 aromatic carbocycles. The third kappa shape index (κ3) is 5.62. The number of hydrogen-bond donors (Lipinski definition) is 1. The first-order chi connectivity index (χ1) is 13.0. The molecule has 1 heterocycles. The molecule has 6 heteroatoms. The van der Waals surface area contributed by atoms with Gasteiger partial charge in [0.2, 0.25) is 11.8 Å². The van der Waals surface area contributed by atoms with Crippen molar-refractivity contribution in [2.75, 3.05) is 5.75 Å². The largest absolute Gasteiger partial charge is 0.441 e. The van der Waals surface area contributed by atoms with Crippen molar-refractivity contribution in [3.8, 4) is 11.5 Å². The van der Waals surface area contributed by atoms with Gasteiger partial charge in [0, 0.05) is 22.9 Å². The van der Waals surface area contributed by atoms with Gasteiger partial charge in [0.05, 0.1) is 11.4 Å². The lowest BCUT2D eigenvalue weighted by Crippen LogP contribution is -2.24. The summed E-state index contributed by atoms with van der Waals surface area (Å²) in [6.07, 6.45) is 0. The first-order valence-electron chi connectivity index (χ1n) is 8.63. The molecule has 3 aromatic rings. The average Bonchev–Trinajstić information content (AvgIpc) is 3.02. The third-order valence-electron chi connectivity index (χ3n) is 4.03. The molecule has 0 saturated heterocycles. The Labute approximate surface area is 168 Å². The van der Waals surface area contributed by atoms with E-state index < -0.39 is 0 Å². The average molecular weight is 401 g/mol. The Bertz CT molecular complexity index is 922. The molecule has 4 nitrogen and oxygen atoms in total. The molecule has 27 heavy (non-hydrogen) atoms. The Hall–Kier alpha value is -2.24. The van der Waals surface area contributed by atoms with Crippen LogP contribution in [0.4, 0.5) is 0 Å². The van der Waals surface area contributed by atoms with Crippen LogP contribution in [-0.2, 0) is 17.1 Å². The highest BCUT2D eigenvalue weighted by molar-refractivity contribution is 7.99. The highest BCUT2D eigenvalue weighted by atomic mass is 35.5. The van der Waals surface area contributed by atoms with Crippen LogP contribution >= 0.6 is 23.4 Å². The second kappa shape index (κ2) is 9.11. The maximum absolute atomic E-state index is 12.0. The summed E-state index contributed by atoms with van der Waals surface area (Å²) in [7, 11) is 0. The van der Waals surface area contributed by atoms with Crippen LogP contribution in [-0.4, -0.2) is 16.6 Å². The smallest absolute Gasteiger partial charge is 0.230 e. The number of carbonyl (C=O) groups excluding carboxylic acids is 1. The number of oxazole rings is 1. The summed E-state index contributed by atoms with van der Waals surface area (Å²) >= 11 is 7.38. The molecule has 1 N–H and O–H groups in total. The van der Waals surface area contributed by atoms with Crippen LogP contribution in [0.25, 0.3) is 11.5 Å². The van der Waals surface area contributed by atoms with Crippen LogP contribution in [0.1, 0.15) is 22.6 Å². The lowest BCUT2D eigenvalue weighted by Gasteiger charge is -2.05. The van der Waals surface area contributed by atoms with Gasteiger partial charge in [-0.05, 0) is 43.7 Å². The van der Waals surface area contributed by atoms with E-state index in [2.05, 4.69) is 10.3 Å². The number of aryl methyl sites for hydroxylation is 2. The second-order valence-electron chi connectivity index (χ2n) is 6.29. The Morgan fingerprint density at radius 3 is 2.70 bits per heavy atom. The molecule has 140 valence electrons. The molecule has 0 atom stereocenters. The summed E-state index contributed by atoms with van der Waals surface area (Å²) in [5.74, 6) is 2.42. The first-order valence-corrected chi connectivity index (χ1v) is 10.2. The van der Waals surface area contributed by atoms with Crippen molar-refractivity contribution >= 4 is 29.3 Å². The molecule has 0 fully saturated rings. The van der Waals surface area contributed by atoms with Crippen molar-refractivity contribution in [1.29, 1.82) is 0 Å². The van der Waals surface area contributed by atoms with Crippen LogP contribution in [0, 0.1) is 13.8 Å². The van der Waals surface area contributed by atoms with Gasteiger partial charge in [0.25, 0.3) is 0 Å². The van der Waals surface area contributed by atoms with Gasteiger partial charge in [-0.25, -0.2) is 4.98 Å². The van der Waals surface area contributed by atoms with E-state index in [4.69, 9.17) is 16.0 Å². The van der Waals surface area contributed by atoms with Crippen molar-refractivity contribution in [2.45, 2.75) is 26.1 Å². The van der Waals surface area contributed by atoms with Crippen molar-refractivity contribution in [3.63, 3.8) is 0 Å². The van der Waals surface area contributed by atoms with Gasteiger partial charge in [-0.2, -0.15) is 0 Å². The molecule has 0 saturated carbocycles. The number of aromatic nitrogens is 1. The lowest BCUT2D eigenvalue weighted by molar-refractivity contribution is -0.118. The van der Waals surface area contributed by atoms with Gasteiger partial charge in [0.1, 0.15) is 5.76 Å². The quantitative estimate of drug-likeness (QED) is 0.595. The van der Waals surface area contributed by atoms with E-state index in [0.717, 1.165) is 28.1 Å². The van der Waals surface area contributed by atoms with Crippen LogP contribution in [0.15, 0.2) is 52.9 Å². The molecule has 0 aliphatic heterocycles. The van der Waals surface area contributed by atoms with E-state index in [0.29, 0.717) is 29.0 Å². The van der Waals surface area contributed by atoms with Crippen molar-refractivity contribution in [3.05, 3.63) is 76.1 Å². The van der Waals surface area contributed by atoms with Crippen LogP contribution in [0.3, 0.4) is 0 Å². The molecular weight excluding hydrogens is 380 g/mol. The summed E-state index contributed by atoms with van der Waals surface area (Å²) in [4.78, 5) is 16.6.